The monoisotopic (exact) mass is 238 g/mol. The second-order valence-corrected chi connectivity index (χ2v) is 5.38. The van der Waals surface area contributed by atoms with Crippen molar-refractivity contribution in [2.75, 3.05) is 0 Å². The average Bonchev–Trinajstić information content (AvgIpc) is 2.33. The molecule has 1 aromatic rings. The van der Waals surface area contributed by atoms with Gasteiger partial charge in [-0.1, -0.05) is 44.7 Å². The summed E-state index contributed by atoms with van der Waals surface area (Å²) < 4.78 is 26.5. The Balaban J connectivity index is 1.87. The van der Waals surface area contributed by atoms with Crippen LogP contribution < -0.4 is 0 Å². The van der Waals surface area contributed by atoms with Gasteiger partial charge in [0.25, 0.3) is 0 Å². The number of hydrogen-bond acceptors (Lipinski definition) is 0. The van der Waals surface area contributed by atoms with Crippen LogP contribution in [0.25, 0.3) is 0 Å². The van der Waals surface area contributed by atoms with Gasteiger partial charge in [0.2, 0.25) is 0 Å². The van der Waals surface area contributed by atoms with Crippen molar-refractivity contribution in [3.63, 3.8) is 0 Å². The molecular formula is C15H20F2. The zero-order valence-corrected chi connectivity index (χ0v) is 10.4. The summed E-state index contributed by atoms with van der Waals surface area (Å²) in [5.41, 5.74) is 0.531. The standard InChI is InChI=1S/C15H20F2/c1-11-5-7-12(8-6-11)9-10-13-3-2-4-14(16)15(13)17/h2-4,11-12H,5-10H2,1H3. The highest BCUT2D eigenvalue weighted by molar-refractivity contribution is 5.19. The molecule has 1 aliphatic carbocycles. The molecule has 94 valence electrons. The molecule has 1 aliphatic rings. The van der Waals surface area contributed by atoms with E-state index >= 15 is 0 Å². The fourth-order valence-electron chi connectivity index (χ4n) is 2.72. The summed E-state index contributed by atoms with van der Waals surface area (Å²) in [4.78, 5) is 0. The second-order valence-electron chi connectivity index (χ2n) is 5.38. The van der Waals surface area contributed by atoms with E-state index in [1.54, 1.807) is 12.1 Å². The minimum atomic E-state index is -0.722. The lowest BCUT2D eigenvalue weighted by Crippen LogP contribution is -2.13. The highest BCUT2D eigenvalue weighted by Crippen LogP contribution is 2.31. The summed E-state index contributed by atoms with van der Waals surface area (Å²) in [5, 5.41) is 0. The molecule has 2 heteroatoms. The third-order valence-electron chi connectivity index (χ3n) is 3.99. The van der Waals surface area contributed by atoms with Crippen LogP contribution in [0.1, 0.15) is 44.6 Å². The highest BCUT2D eigenvalue weighted by Gasteiger charge is 2.18. The molecule has 0 amide bonds. The van der Waals surface area contributed by atoms with E-state index in [0.29, 0.717) is 17.9 Å². The van der Waals surface area contributed by atoms with E-state index in [4.69, 9.17) is 0 Å². The summed E-state index contributed by atoms with van der Waals surface area (Å²) in [6.07, 6.45) is 6.73. The molecule has 0 atom stereocenters. The summed E-state index contributed by atoms with van der Waals surface area (Å²) in [7, 11) is 0. The topological polar surface area (TPSA) is 0 Å². The van der Waals surface area contributed by atoms with Gasteiger partial charge in [0.1, 0.15) is 0 Å². The van der Waals surface area contributed by atoms with E-state index in [-0.39, 0.29) is 0 Å². The first-order valence-corrected chi connectivity index (χ1v) is 6.59. The molecule has 0 unspecified atom stereocenters. The van der Waals surface area contributed by atoms with E-state index in [1.807, 2.05) is 0 Å². The molecule has 1 saturated carbocycles. The predicted octanol–water partition coefficient (Wildman–Crippen LogP) is 4.72. The van der Waals surface area contributed by atoms with E-state index in [0.717, 1.165) is 12.3 Å². The minimum absolute atomic E-state index is 0.531. The zero-order chi connectivity index (χ0) is 12.3. The van der Waals surface area contributed by atoms with E-state index < -0.39 is 11.6 Å². The number of aryl methyl sites for hydroxylation is 1. The molecule has 1 fully saturated rings. The van der Waals surface area contributed by atoms with Gasteiger partial charge >= 0.3 is 0 Å². The van der Waals surface area contributed by atoms with Gasteiger partial charge in [-0.05, 0) is 36.3 Å². The van der Waals surface area contributed by atoms with Gasteiger partial charge in [0.05, 0.1) is 0 Å². The quantitative estimate of drug-likeness (QED) is 0.714. The van der Waals surface area contributed by atoms with Crippen LogP contribution in [0.5, 0.6) is 0 Å². The Bertz CT molecular complexity index is 365. The fourth-order valence-corrected chi connectivity index (χ4v) is 2.72. The summed E-state index contributed by atoms with van der Waals surface area (Å²) in [5.74, 6) is 0.169. The van der Waals surface area contributed by atoms with Crippen molar-refractivity contribution in [1.29, 1.82) is 0 Å². The molecule has 1 aromatic carbocycles. The van der Waals surface area contributed by atoms with Crippen LogP contribution in [-0.2, 0) is 6.42 Å². The largest absolute Gasteiger partial charge is 0.204 e. The summed E-state index contributed by atoms with van der Waals surface area (Å²) in [6.45, 7) is 2.29. The number of rotatable bonds is 3. The minimum Gasteiger partial charge on any atom is -0.204 e. The van der Waals surface area contributed by atoms with Crippen LogP contribution in [-0.4, -0.2) is 0 Å². The van der Waals surface area contributed by atoms with Crippen molar-refractivity contribution in [3.05, 3.63) is 35.4 Å². The normalized spacial score (nSPS) is 24.9. The predicted molar refractivity (Wildman–Crippen MR) is 65.8 cm³/mol. The van der Waals surface area contributed by atoms with Crippen LogP contribution in [0.3, 0.4) is 0 Å². The van der Waals surface area contributed by atoms with Crippen LogP contribution in [0.15, 0.2) is 18.2 Å². The maximum absolute atomic E-state index is 13.4. The van der Waals surface area contributed by atoms with Crippen molar-refractivity contribution < 1.29 is 8.78 Å². The Labute approximate surface area is 102 Å². The lowest BCUT2D eigenvalue weighted by Gasteiger charge is -2.26. The number of hydrogen-bond donors (Lipinski definition) is 0. The van der Waals surface area contributed by atoms with E-state index in [1.165, 1.54) is 31.7 Å². The van der Waals surface area contributed by atoms with Crippen molar-refractivity contribution in [3.8, 4) is 0 Å². The van der Waals surface area contributed by atoms with Crippen LogP contribution in [0, 0.1) is 23.5 Å². The van der Waals surface area contributed by atoms with Crippen molar-refractivity contribution >= 4 is 0 Å². The summed E-state index contributed by atoms with van der Waals surface area (Å²) in [6, 6.07) is 4.47. The molecule has 0 radical (unpaired) electrons. The highest BCUT2D eigenvalue weighted by atomic mass is 19.2. The van der Waals surface area contributed by atoms with Gasteiger partial charge < -0.3 is 0 Å². The molecule has 0 aromatic heterocycles. The first-order valence-electron chi connectivity index (χ1n) is 6.59. The number of benzene rings is 1. The molecule has 17 heavy (non-hydrogen) atoms. The van der Waals surface area contributed by atoms with Crippen molar-refractivity contribution in [2.24, 2.45) is 11.8 Å². The first kappa shape index (κ1) is 12.5. The van der Waals surface area contributed by atoms with Gasteiger partial charge in [-0.15, -0.1) is 0 Å². The average molecular weight is 238 g/mol. The van der Waals surface area contributed by atoms with E-state index in [9.17, 15) is 8.78 Å². The third kappa shape index (κ3) is 3.27. The van der Waals surface area contributed by atoms with Crippen LogP contribution in [0.2, 0.25) is 0 Å². The van der Waals surface area contributed by atoms with Crippen molar-refractivity contribution in [2.45, 2.75) is 45.4 Å². The smallest absolute Gasteiger partial charge is 0.162 e. The Hall–Kier alpha value is -0.920. The molecule has 0 spiro atoms. The fraction of sp³-hybridized carbons (Fsp3) is 0.600. The molecule has 0 nitrogen and oxygen atoms in total. The van der Waals surface area contributed by atoms with Gasteiger partial charge in [0, 0.05) is 0 Å². The van der Waals surface area contributed by atoms with Gasteiger partial charge in [-0.2, -0.15) is 0 Å². The molecule has 0 aliphatic heterocycles. The maximum Gasteiger partial charge on any atom is 0.162 e. The molecule has 0 saturated heterocycles. The molecule has 0 bridgehead atoms. The molecule has 0 heterocycles. The Morgan fingerprint density at radius 2 is 1.82 bits per heavy atom. The molecular weight excluding hydrogens is 218 g/mol. The van der Waals surface area contributed by atoms with Gasteiger partial charge in [0.15, 0.2) is 11.6 Å². The van der Waals surface area contributed by atoms with Gasteiger partial charge in [-0.3, -0.25) is 0 Å². The first-order chi connectivity index (χ1) is 8.16. The Morgan fingerprint density at radius 3 is 2.53 bits per heavy atom. The third-order valence-corrected chi connectivity index (χ3v) is 3.99. The van der Waals surface area contributed by atoms with Gasteiger partial charge in [-0.25, -0.2) is 8.78 Å². The maximum atomic E-state index is 13.4. The van der Waals surface area contributed by atoms with Crippen molar-refractivity contribution in [1.82, 2.24) is 0 Å². The Morgan fingerprint density at radius 1 is 1.12 bits per heavy atom. The van der Waals surface area contributed by atoms with Crippen LogP contribution in [0.4, 0.5) is 8.78 Å². The Kier molecular flexibility index (Phi) is 4.14. The second kappa shape index (κ2) is 5.61. The molecule has 2 rings (SSSR count). The van der Waals surface area contributed by atoms with Crippen LogP contribution >= 0.6 is 0 Å². The molecule has 0 N–H and O–H groups in total. The summed E-state index contributed by atoms with van der Waals surface area (Å²) >= 11 is 0. The lowest BCUT2D eigenvalue weighted by atomic mass is 9.80. The SMILES string of the molecule is CC1CCC(CCc2cccc(F)c2F)CC1. The zero-order valence-electron chi connectivity index (χ0n) is 10.4. The van der Waals surface area contributed by atoms with E-state index in [2.05, 4.69) is 6.92 Å². The lowest BCUT2D eigenvalue weighted by molar-refractivity contribution is 0.277. The number of halogens is 2.